The number of aryl methyl sites for hydroxylation is 3. The summed E-state index contributed by atoms with van der Waals surface area (Å²) in [5, 5.41) is 6.84. The van der Waals surface area contributed by atoms with Gasteiger partial charge in [0, 0.05) is 16.4 Å². The Bertz CT molecular complexity index is 683. The van der Waals surface area contributed by atoms with Crippen LogP contribution in [0.5, 0.6) is 0 Å². The summed E-state index contributed by atoms with van der Waals surface area (Å²) in [6, 6.07) is 11.6. The molecule has 2 rings (SSSR count). The lowest BCUT2D eigenvalue weighted by Gasteiger charge is -2.14. The van der Waals surface area contributed by atoms with E-state index in [0.717, 1.165) is 34.5 Å². The standard InChI is InChI=1S/C18H21ClN2O/c1-4-14-7-5-6-12(2)18(14)21-17(22)11-20-16-9-8-15(19)10-13(16)3/h5-10,20H,4,11H2,1-3H3,(H,21,22). The molecule has 0 aliphatic rings. The maximum Gasteiger partial charge on any atom is 0.243 e. The van der Waals surface area contributed by atoms with Crippen LogP contribution < -0.4 is 10.6 Å². The van der Waals surface area contributed by atoms with Crippen molar-refractivity contribution in [2.45, 2.75) is 27.2 Å². The van der Waals surface area contributed by atoms with Crippen molar-refractivity contribution in [1.82, 2.24) is 0 Å². The van der Waals surface area contributed by atoms with Crippen molar-refractivity contribution in [3.05, 3.63) is 58.1 Å². The molecule has 0 saturated heterocycles. The molecule has 3 nitrogen and oxygen atoms in total. The van der Waals surface area contributed by atoms with Crippen LogP contribution in [0.3, 0.4) is 0 Å². The second-order valence-corrected chi connectivity index (χ2v) is 5.76. The van der Waals surface area contributed by atoms with Gasteiger partial charge in [-0.2, -0.15) is 0 Å². The van der Waals surface area contributed by atoms with Crippen molar-refractivity contribution in [1.29, 1.82) is 0 Å². The second kappa shape index (κ2) is 7.32. The molecule has 0 fully saturated rings. The van der Waals surface area contributed by atoms with Gasteiger partial charge in [-0.25, -0.2) is 0 Å². The number of nitrogens with one attached hydrogen (secondary N) is 2. The summed E-state index contributed by atoms with van der Waals surface area (Å²) in [6.45, 7) is 6.27. The monoisotopic (exact) mass is 316 g/mol. The largest absolute Gasteiger partial charge is 0.376 e. The molecule has 0 unspecified atom stereocenters. The fourth-order valence-electron chi connectivity index (χ4n) is 2.39. The fraction of sp³-hybridized carbons (Fsp3) is 0.278. The van der Waals surface area contributed by atoms with Gasteiger partial charge in [-0.05, 0) is 55.2 Å². The molecule has 2 N–H and O–H groups in total. The maximum atomic E-state index is 12.2. The number of rotatable bonds is 5. The van der Waals surface area contributed by atoms with Crippen LogP contribution in [-0.2, 0) is 11.2 Å². The van der Waals surface area contributed by atoms with Gasteiger partial charge in [-0.3, -0.25) is 4.79 Å². The first-order valence-corrected chi connectivity index (χ1v) is 7.77. The van der Waals surface area contributed by atoms with Crippen molar-refractivity contribution in [3.63, 3.8) is 0 Å². The third-order valence-corrected chi connectivity index (χ3v) is 3.87. The highest BCUT2D eigenvalue weighted by Gasteiger charge is 2.09. The molecular formula is C18H21ClN2O. The third kappa shape index (κ3) is 4.01. The number of hydrogen-bond donors (Lipinski definition) is 2. The minimum atomic E-state index is -0.0571. The molecule has 2 aromatic rings. The van der Waals surface area contributed by atoms with E-state index in [1.54, 1.807) is 0 Å². The molecule has 4 heteroatoms. The Hall–Kier alpha value is -2.00. The Morgan fingerprint density at radius 1 is 1.14 bits per heavy atom. The summed E-state index contributed by atoms with van der Waals surface area (Å²) in [5.74, 6) is -0.0571. The van der Waals surface area contributed by atoms with Crippen molar-refractivity contribution in [2.75, 3.05) is 17.2 Å². The Kier molecular flexibility index (Phi) is 5.45. The maximum absolute atomic E-state index is 12.2. The van der Waals surface area contributed by atoms with Crippen molar-refractivity contribution in [2.24, 2.45) is 0 Å². The van der Waals surface area contributed by atoms with Crippen molar-refractivity contribution in [3.8, 4) is 0 Å². The highest BCUT2D eigenvalue weighted by atomic mass is 35.5. The van der Waals surface area contributed by atoms with Gasteiger partial charge in [0.2, 0.25) is 5.91 Å². The van der Waals surface area contributed by atoms with E-state index in [-0.39, 0.29) is 12.5 Å². The molecule has 2 aromatic carbocycles. The van der Waals surface area contributed by atoms with Crippen LogP contribution in [-0.4, -0.2) is 12.5 Å². The van der Waals surface area contributed by atoms with Crippen LogP contribution in [0.4, 0.5) is 11.4 Å². The van der Waals surface area contributed by atoms with Crippen LogP contribution in [0.25, 0.3) is 0 Å². The average Bonchev–Trinajstić information content (AvgIpc) is 2.48. The van der Waals surface area contributed by atoms with Crippen LogP contribution >= 0.6 is 11.6 Å². The van der Waals surface area contributed by atoms with E-state index >= 15 is 0 Å². The number of halogens is 1. The zero-order chi connectivity index (χ0) is 16.1. The van der Waals surface area contributed by atoms with E-state index in [9.17, 15) is 4.79 Å². The molecule has 1 amide bonds. The first kappa shape index (κ1) is 16.4. The second-order valence-electron chi connectivity index (χ2n) is 5.32. The van der Waals surface area contributed by atoms with Crippen molar-refractivity contribution < 1.29 is 4.79 Å². The van der Waals surface area contributed by atoms with Gasteiger partial charge in [0.1, 0.15) is 0 Å². The molecule has 116 valence electrons. The Morgan fingerprint density at radius 3 is 2.59 bits per heavy atom. The van der Waals surface area contributed by atoms with E-state index in [0.29, 0.717) is 5.02 Å². The molecule has 0 aliphatic carbocycles. The van der Waals surface area contributed by atoms with E-state index in [1.807, 2.05) is 50.2 Å². The molecule has 0 saturated carbocycles. The smallest absolute Gasteiger partial charge is 0.243 e. The number of carbonyl (C=O) groups is 1. The average molecular weight is 317 g/mol. The summed E-state index contributed by atoms with van der Waals surface area (Å²) in [4.78, 5) is 12.2. The van der Waals surface area contributed by atoms with Crippen LogP contribution in [0.2, 0.25) is 5.02 Å². The number of benzene rings is 2. The van der Waals surface area contributed by atoms with Crippen LogP contribution in [0.1, 0.15) is 23.6 Å². The summed E-state index contributed by atoms with van der Waals surface area (Å²) in [6.07, 6.45) is 0.890. The summed E-state index contributed by atoms with van der Waals surface area (Å²) < 4.78 is 0. The molecule has 22 heavy (non-hydrogen) atoms. The number of amides is 1. The summed E-state index contributed by atoms with van der Waals surface area (Å²) >= 11 is 5.93. The zero-order valence-electron chi connectivity index (χ0n) is 13.2. The first-order valence-electron chi connectivity index (χ1n) is 7.39. The predicted molar refractivity (Wildman–Crippen MR) is 93.9 cm³/mol. The summed E-state index contributed by atoms with van der Waals surface area (Å²) in [5.41, 5.74) is 5.08. The minimum Gasteiger partial charge on any atom is -0.376 e. The molecule has 0 bridgehead atoms. The minimum absolute atomic E-state index is 0.0571. The van der Waals surface area contributed by atoms with Gasteiger partial charge < -0.3 is 10.6 Å². The van der Waals surface area contributed by atoms with Crippen LogP contribution in [0, 0.1) is 13.8 Å². The quantitative estimate of drug-likeness (QED) is 0.848. The van der Waals surface area contributed by atoms with Gasteiger partial charge in [0.15, 0.2) is 0 Å². The molecule has 0 spiro atoms. The van der Waals surface area contributed by atoms with E-state index in [1.165, 1.54) is 0 Å². The van der Waals surface area contributed by atoms with E-state index in [2.05, 4.69) is 17.6 Å². The van der Waals surface area contributed by atoms with Gasteiger partial charge in [-0.15, -0.1) is 0 Å². The van der Waals surface area contributed by atoms with Gasteiger partial charge in [0.25, 0.3) is 0 Å². The first-order chi connectivity index (χ1) is 10.5. The highest BCUT2D eigenvalue weighted by molar-refractivity contribution is 6.30. The van der Waals surface area contributed by atoms with Gasteiger partial charge in [0.05, 0.1) is 6.54 Å². The molecule has 0 aromatic heterocycles. The fourth-order valence-corrected chi connectivity index (χ4v) is 2.61. The lowest BCUT2D eigenvalue weighted by molar-refractivity contribution is -0.114. The predicted octanol–water partition coefficient (Wildman–Crippen LogP) is 4.57. The van der Waals surface area contributed by atoms with Crippen molar-refractivity contribution >= 4 is 28.9 Å². The topological polar surface area (TPSA) is 41.1 Å². The number of para-hydroxylation sites is 1. The molecule has 0 aliphatic heterocycles. The normalized spacial score (nSPS) is 10.4. The third-order valence-electron chi connectivity index (χ3n) is 3.63. The van der Waals surface area contributed by atoms with Crippen LogP contribution in [0.15, 0.2) is 36.4 Å². The Morgan fingerprint density at radius 2 is 1.91 bits per heavy atom. The Labute approximate surface area is 136 Å². The highest BCUT2D eigenvalue weighted by Crippen LogP contribution is 2.22. The SMILES string of the molecule is CCc1cccc(C)c1NC(=O)CNc1ccc(Cl)cc1C. The number of hydrogen-bond acceptors (Lipinski definition) is 2. The van der Waals surface area contributed by atoms with E-state index < -0.39 is 0 Å². The molecule has 0 radical (unpaired) electrons. The molecular weight excluding hydrogens is 296 g/mol. The molecule has 0 heterocycles. The number of carbonyl (C=O) groups excluding carboxylic acids is 1. The lowest BCUT2D eigenvalue weighted by Crippen LogP contribution is -2.23. The van der Waals surface area contributed by atoms with E-state index in [4.69, 9.17) is 11.6 Å². The summed E-state index contributed by atoms with van der Waals surface area (Å²) in [7, 11) is 0. The number of anilines is 2. The molecule has 0 atom stereocenters. The lowest BCUT2D eigenvalue weighted by atomic mass is 10.1. The van der Waals surface area contributed by atoms with Gasteiger partial charge >= 0.3 is 0 Å². The Balaban J connectivity index is 2.02. The van der Waals surface area contributed by atoms with Gasteiger partial charge in [-0.1, -0.05) is 36.7 Å². The zero-order valence-corrected chi connectivity index (χ0v) is 13.9.